The predicted molar refractivity (Wildman–Crippen MR) is 64.1 cm³/mol. The summed E-state index contributed by atoms with van der Waals surface area (Å²) in [6, 6.07) is 2.66. The van der Waals surface area contributed by atoms with E-state index in [1.807, 2.05) is 0 Å². The second-order valence-electron chi connectivity index (χ2n) is 2.95. The van der Waals surface area contributed by atoms with Crippen LogP contribution in [-0.2, 0) is 9.05 Å². The van der Waals surface area contributed by atoms with Crippen molar-refractivity contribution in [1.29, 1.82) is 0 Å². The van der Waals surface area contributed by atoms with Crippen molar-refractivity contribution in [2.45, 2.75) is 18.2 Å². The van der Waals surface area contributed by atoms with Crippen molar-refractivity contribution < 1.29 is 13.2 Å². The standard InChI is InChI=1S/C9H7Cl3O3S/c1-2-7(13)5-3-4-6(10)8(11)9(5)16(12,14)15/h3-4H,2H2,1H3. The summed E-state index contributed by atoms with van der Waals surface area (Å²) in [6.07, 6.45) is 0.150. The van der Waals surface area contributed by atoms with Crippen LogP contribution in [-0.4, -0.2) is 14.2 Å². The van der Waals surface area contributed by atoms with Crippen LogP contribution in [0.4, 0.5) is 0 Å². The smallest absolute Gasteiger partial charge is 0.263 e. The van der Waals surface area contributed by atoms with E-state index in [0.717, 1.165) is 0 Å². The second kappa shape index (κ2) is 4.92. The zero-order chi connectivity index (χ0) is 12.5. The van der Waals surface area contributed by atoms with Gasteiger partial charge in [-0.1, -0.05) is 30.1 Å². The van der Waals surface area contributed by atoms with E-state index >= 15 is 0 Å². The summed E-state index contributed by atoms with van der Waals surface area (Å²) in [4.78, 5) is 11.1. The molecule has 88 valence electrons. The molecule has 3 nitrogen and oxygen atoms in total. The summed E-state index contributed by atoms with van der Waals surface area (Å²) in [6.45, 7) is 1.61. The number of ketones is 1. The van der Waals surface area contributed by atoms with Gasteiger partial charge in [0.2, 0.25) is 0 Å². The molecule has 0 unspecified atom stereocenters. The Morgan fingerprint density at radius 1 is 1.31 bits per heavy atom. The Morgan fingerprint density at radius 2 is 1.88 bits per heavy atom. The van der Waals surface area contributed by atoms with Gasteiger partial charge in [-0.15, -0.1) is 0 Å². The molecule has 0 aromatic heterocycles. The van der Waals surface area contributed by atoms with Gasteiger partial charge in [0.05, 0.1) is 10.0 Å². The summed E-state index contributed by atoms with van der Waals surface area (Å²) in [5, 5.41) is -0.190. The lowest BCUT2D eigenvalue weighted by Gasteiger charge is -2.08. The molecule has 0 saturated heterocycles. The van der Waals surface area contributed by atoms with Gasteiger partial charge >= 0.3 is 0 Å². The van der Waals surface area contributed by atoms with Crippen LogP contribution in [0.5, 0.6) is 0 Å². The topological polar surface area (TPSA) is 51.2 Å². The van der Waals surface area contributed by atoms with E-state index in [4.69, 9.17) is 33.9 Å². The molecule has 0 saturated carbocycles. The monoisotopic (exact) mass is 300 g/mol. The summed E-state index contributed by atoms with van der Waals surface area (Å²) >= 11 is 11.4. The maximum atomic E-state index is 11.5. The molecule has 0 spiro atoms. The van der Waals surface area contributed by atoms with Crippen LogP contribution in [0.15, 0.2) is 17.0 Å². The van der Waals surface area contributed by atoms with E-state index < -0.39 is 13.9 Å². The highest BCUT2D eigenvalue weighted by Gasteiger charge is 2.24. The number of carbonyl (C=O) groups excluding carboxylic acids is 1. The normalized spacial score (nSPS) is 11.5. The zero-order valence-corrected chi connectivity index (χ0v) is 11.2. The summed E-state index contributed by atoms with van der Waals surface area (Å²) < 4.78 is 22.6. The Kier molecular flexibility index (Phi) is 4.23. The van der Waals surface area contributed by atoms with Crippen molar-refractivity contribution in [2.24, 2.45) is 0 Å². The SMILES string of the molecule is CCC(=O)c1ccc(Cl)c(Cl)c1S(=O)(=O)Cl. The third-order valence-electron chi connectivity index (χ3n) is 1.92. The average molecular weight is 302 g/mol. The molecular weight excluding hydrogens is 295 g/mol. The van der Waals surface area contributed by atoms with Crippen LogP contribution in [0.2, 0.25) is 10.0 Å². The van der Waals surface area contributed by atoms with Crippen molar-refractivity contribution in [2.75, 3.05) is 0 Å². The van der Waals surface area contributed by atoms with E-state index in [-0.39, 0.29) is 27.8 Å². The third kappa shape index (κ3) is 2.69. The van der Waals surface area contributed by atoms with Gasteiger partial charge in [-0.25, -0.2) is 8.42 Å². The highest BCUT2D eigenvalue weighted by atomic mass is 35.7. The number of hydrogen-bond acceptors (Lipinski definition) is 3. The number of halogens is 3. The highest BCUT2D eigenvalue weighted by molar-refractivity contribution is 8.13. The van der Waals surface area contributed by atoms with E-state index in [1.165, 1.54) is 12.1 Å². The molecule has 0 fully saturated rings. The summed E-state index contributed by atoms with van der Waals surface area (Å²) in [5.41, 5.74) is -0.0353. The second-order valence-corrected chi connectivity index (χ2v) is 6.24. The lowest BCUT2D eigenvalue weighted by molar-refractivity contribution is 0.0985. The number of rotatable bonds is 3. The van der Waals surface area contributed by atoms with Crippen LogP contribution in [0.3, 0.4) is 0 Å². The Bertz CT molecular complexity index is 537. The molecule has 0 aliphatic carbocycles. The fourth-order valence-corrected chi connectivity index (χ4v) is 3.23. The average Bonchev–Trinajstić information content (AvgIpc) is 2.18. The Balaban J connectivity index is 3.65. The van der Waals surface area contributed by atoms with Crippen LogP contribution in [0.25, 0.3) is 0 Å². The number of carbonyl (C=O) groups is 1. The lowest BCUT2D eigenvalue weighted by atomic mass is 10.1. The van der Waals surface area contributed by atoms with E-state index in [9.17, 15) is 13.2 Å². The molecule has 7 heteroatoms. The molecule has 0 aliphatic heterocycles. The van der Waals surface area contributed by atoms with E-state index in [2.05, 4.69) is 0 Å². The molecule has 0 N–H and O–H groups in total. The summed E-state index contributed by atoms with van der Waals surface area (Å²) in [5.74, 6) is -0.363. The molecule has 1 rings (SSSR count). The Labute approximate surface area is 108 Å². The molecule has 0 heterocycles. The summed E-state index contributed by atoms with van der Waals surface area (Å²) in [7, 11) is 1.11. The first-order valence-corrected chi connectivity index (χ1v) is 7.31. The molecule has 1 aromatic carbocycles. The number of hydrogen-bond donors (Lipinski definition) is 0. The molecule has 0 atom stereocenters. The van der Waals surface area contributed by atoms with Crippen molar-refractivity contribution in [3.05, 3.63) is 27.7 Å². The van der Waals surface area contributed by atoms with Gasteiger partial charge in [0, 0.05) is 22.7 Å². The van der Waals surface area contributed by atoms with Crippen LogP contribution in [0, 0.1) is 0 Å². The molecule has 16 heavy (non-hydrogen) atoms. The highest BCUT2D eigenvalue weighted by Crippen LogP contribution is 2.34. The zero-order valence-electron chi connectivity index (χ0n) is 8.13. The van der Waals surface area contributed by atoms with Crippen molar-refractivity contribution in [3.63, 3.8) is 0 Å². The minimum Gasteiger partial charge on any atom is -0.294 e. The molecule has 0 aliphatic rings. The first kappa shape index (κ1) is 13.8. The minimum atomic E-state index is -4.11. The molecule has 1 aromatic rings. The first-order valence-electron chi connectivity index (χ1n) is 4.25. The maximum Gasteiger partial charge on any atom is 0.263 e. The van der Waals surface area contributed by atoms with Crippen molar-refractivity contribution >= 4 is 48.7 Å². The third-order valence-corrected chi connectivity index (χ3v) is 4.21. The maximum absolute atomic E-state index is 11.5. The van der Waals surface area contributed by atoms with Crippen LogP contribution >= 0.6 is 33.9 Å². The molecule has 0 amide bonds. The van der Waals surface area contributed by atoms with Gasteiger partial charge < -0.3 is 0 Å². The lowest BCUT2D eigenvalue weighted by Crippen LogP contribution is -2.05. The van der Waals surface area contributed by atoms with Gasteiger partial charge in [-0.05, 0) is 12.1 Å². The van der Waals surface area contributed by atoms with E-state index in [1.54, 1.807) is 6.92 Å². The van der Waals surface area contributed by atoms with Gasteiger partial charge in [0.15, 0.2) is 5.78 Å². The minimum absolute atomic E-state index is 0.0353. The van der Waals surface area contributed by atoms with E-state index in [0.29, 0.717) is 0 Å². The van der Waals surface area contributed by atoms with Gasteiger partial charge in [0.25, 0.3) is 9.05 Å². The first-order chi connectivity index (χ1) is 7.29. The van der Waals surface area contributed by atoms with Crippen LogP contribution < -0.4 is 0 Å². The van der Waals surface area contributed by atoms with Crippen LogP contribution in [0.1, 0.15) is 23.7 Å². The Hall–Kier alpha value is -0.290. The van der Waals surface area contributed by atoms with Crippen molar-refractivity contribution in [1.82, 2.24) is 0 Å². The number of Topliss-reactive ketones (excluding diaryl/α,β-unsaturated/α-hetero) is 1. The fraction of sp³-hybridized carbons (Fsp3) is 0.222. The quantitative estimate of drug-likeness (QED) is 0.634. The predicted octanol–water partition coefficient (Wildman–Crippen LogP) is 3.51. The van der Waals surface area contributed by atoms with Gasteiger partial charge in [-0.3, -0.25) is 4.79 Å². The fourth-order valence-electron chi connectivity index (χ4n) is 1.18. The van der Waals surface area contributed by atoms with Gasteiger partial charge in [-0.2, -0.15) is 0 Å². The largest absolute Gasteiger partial charge is 0.294 e. The molecule has 0 radical (unpaired) electrons. The molecule has 0 bridgehead atoms. The van der Waals surface area contributed by atoms with Gasteiger partial charge in [0.1, 0.15) is 4.90 Å². The van der Waals surface area contributed by atoms with Crippen molar-refractivity contribution in [3.8, 4) is 0 Å². The number of benzene rings is 1. The molecular formula is C9H7Cl3O3S. The Morgan fingerprint density at radius 3 is 2.31 bits per heavy atom.